The van der Waals surface area contributed by atoms with Crippen LogP contribution in [-0.4, -0.2) is 62.3 Å². The maximum atomic E-state index is 11.9. The molecule has 3 rings (SSSR count). The largest absolute Gasteiger partial charge is 0.478 e. The lowest BCUT2D eigenvalue weighted by atomic mass is 10.1. The van der Waals surface area contributed by atoms with E-state index in [1.54, 1.807) is 53.0 Å². The number of hydrogen-bond acceptors (Lipinski definition) is 6. The molecule has 10 heteroatoms. The normalized spacial score (nSPS) is 16.3. The third kappa shape index (κ3) is 5.11. The Morgan fingerprint density at radius 2 is 2.26 bits per heavy atom. The molecule has 1 amide bonds. The zero-order valence-corrected chi connectivity index (χ0v) is 18.8. The van der Waals surface area contributed by atoms with Gasteiger partial charge in [-0.25, -0.2) is 4.98 Å². The number of hydrogen-bond donors (Lipinski definition) is 1. The molecular formula is C21H28ClN7O2. The first-order valence-electron chi connectivity index (χ1n) is 9.87. The van der Waals surface area contributed by atoms with E-state index in [0.717, 1.165) is 31.6 Å². The summed E-state index contributed by atoms with van der Waals surface area (Å²) >= 11 is 6.21. The predicted octanol–water partition coefficient (Wildman–Crippen LogP) is 2.71. The molecule has 9 nitrogen and oxygen atoms in total. The lowest BCUT2D eigenvalue weighted by Crippen LogP contribution is -2.27. The van der Waals surface area contributed by atoms with Crippen molar-refractivity contribution < 1.29 is 9.53 Å². The Hall–Kier alpha value is -3.20. The van der Waals surface area contributed by atoms with Crippen molar-refractivity contribution in [1.29, 1.82) is 0 Å². The van der Waals surface area contributed by atoms with Crippen molar-refractivity contribution in [2.75, 3.05) is 32.1 Å². The standard InChI is InChI=1S/C21H28ClN7O2/c1-6-15(2)29-8-7-16(11-29)10-28(14-30)13-17(20-23-9-19(22)27(20)4)24-18-12-26(3)25-21(18)31-5/h6,9,12-14,16,24H,1-2,7-8,10-11H2,3-5H3/b17-13+. The first-order chi connectivity index (χ1) is 14.9. The number of carbonyl (C=O) groups is 1. The number of rotatable bonds is 10. The number of imidazole rings is 1. The van der Waals surface area contributed by atoms with Crippen molar-refractivity contribution in [2.24, 2.45) is 20.0 Å². The monoisotopic (exact) mass is 445 g/mol. The average Bonchev–Trinajstić information content (AvgIpc) is 3.46. The van der Waals surface area contributed by atoms with Gasteiger partial charge in [0.15, 0.2) is 5.82 Å². The summed E-state index contributed by atoms with van der Waals surface area (Å²) in [5.74, 6) is 1.33. The summed E-state index contributed by atoms with van der Waals surface area (Å²) in [5, 5.41) is 8.03. The van der Waals surface area contributed by atoms with Crippen LogP contribution in [0.3, 0.4) is 0 Å². The Labute approximate surface area is 187 Å². The van der Waals surface area contributed by atoms with Crippen LogP contribution in [0.15, 0.2) is 43.5 Å². The Morgan fingerprint density at radius 3 is 2.87 bits per heavy atom. The number of likely N-dealkylation sites (tertiary alicyclic amines) is 1. The highest BCUT2D eigenvalue weighted by Gasteiger charge is 2.24. The van der Waals surface area contributed by atoms with E-state index >= 15 is 0 Å². The molecule has 1 unspecified atom stereocenters. The molecule has 1 aliphatic heterocycles. The third-order valence-corrected chi connectivity index (χ3v) is 5.61. The highest BCUT2D eigenvalue weighted by molar-refractivity contribution is 6.29. The summed E-state index contributed by atoms with van der Waals surface area (Å²) in [7, 11) is 5.16. The molecule has 2 aromatic heterocycles. The molecule has 1 atom stereocenters. The molecule has 0 radical (unpaired) electrons. The minimum Gasteiger partial charge on any atom is -0.478 e. The number of anilines is 1. The fraction of sp³-hybridized carbons (Fsp3) is 0.381. The van der Waals surface area contributed by atoms with Gasteiger partial charge in [-0.1, -0.05) is 24.8 Å². The molecule has 166 valence electrons. The number of allylic oxidation sites excluding steroid dienone is 1. The van der Waals surface area contributed by atoms with Crippen LogP contribution >= 0.6 is 11.6 Å². The first kappa shape index (κ1) is 22.5. The molecule has 3 heterocycles. The maximum Gasteiger partial charge on any atom is 0.256 e. The second-order valence-corrected chi connectivity index (χ2v) is 7.84. The summed E-state index contributed by atoms with van der Waals surface area (Å²) in [5.41, 5.74) is 2.15. The number of aromatic nitrogens is 4. The van der Waals surface area contributed by atoms with Crippen LogP contribution in [0.1, 0.15) is 12.2 Å². The molecule has 0 aliphatic carbocycles. The van der Waals surface area contributed by atoms with Gasteiger partial charge in [-0.2, -0.15) is 0 Å². The van der Waals surface area contributed by atoms with Gasteiger partial charge in [0, 0.05) is 45.6 Å². The number of nitrogens with one attached hydrogen (secondary N) is 1. The molecule has 1 N–H and O–H groups in total. The summed E-state index contributed by atoms with van der Waals surface area (Å²) in [6.45, 7) is 10.1. The van der Waals surface area contributed by atoms with Gasteiger partial charge in [0.25, 0.3) is 5.88 Å². The number of halogens is 1. The van der Waals surface area contributed by atoms with Crippen LogP contribution in [0.2, 0.25) is 5.15 Å². The number of aryl methyl sites for hydroxylation is 1. The Kier molecular flexibility index (Phi) is 7.06. The highest BCUT2D eigenvalue weighted by Crippen LogP contribution is 2.27. The van der Waals surface area contributed by atoms with Crippen LogP contribution in [-0.2, 0) is 18.9 Å². The van der Waals surface area contributed by atoms with Gasteiger partial charge in [-0.15, -0.1) is 5.10 Å². The quantitative estimate of drug-likeness (QED) is 0.447. The van der Waals surface area contributed by atoms with Gasteiger partial charge < -0.3 is 24.4 Å². The molecule has 31 heavy (non-hydrogen) atoms. The van der Waals surface area contributed by atoms with Gasteiger partial charge in [0.1, 0.15) is 10.8 Å². The van der Waals surface area contributed by atoms with Gasteiger partial charge in [0.05, 0.1) is 25.2 Å². The van der Waals surface area contributed by atoms with Crippen molar-refractivity contribution in [1.82, 2.24) is 29.1 Å². The summed E-state index contributed by atoms with van der Waals surface area (Å²) in [4.78, 5) is 20.1. The summed E-state index contributed by atoms with van der Waals surface area (Å²) in [6.07, 6.45) is 8.64. The minimum absolute atomic E-state index is 0.317. The van der Waals surface area contributed by atoms with Crippen LogP contribution in [0.25, 0.3) is 5.70 Å². The number of nitrogens with zero attached hydrogens (tertiary/aromatic N) is 6. The molecular weight excluding hydrogens is 418 g/mol. The average molecular weight is 446 g/mol. The molecule has 1 saturated heterocycles. The Bertz CT molecular complexity index is 994. The number of methoxy groups -OCH3 is 1. The van der Waals surface area contributed by atoms with Crippen LogP contribution in [0.4, 0.5) is 5.69 Å². The second-order valence-electron chi connectivity index (χ2n) is 7.46. The number of ether oxygens (including phenoxy) is 1. The van der Waals surface area contributed by atoms with E-state index in [4.69, 9.17) is 16.3 Å². The minimum atomic E-state index is 0.317. The molecule has 0 spiro atoms. The fourth-order valence-electron chi connectivity index (χ4n) is 3.60. The molecule has 0 saturated carbocycles. The highest BCUT2D eigenvalue weighted by atomic mass is 35.5. The molecule has 0 bridgehead atoms. The van der Waals surface area contributed by atoms with Gasteiger partial charge in [-0.3, -0.25) is 9.48 Å². The van der Waals surface area contributed by atoms with Crippen molar-refractivity contribution >= 4 is 29.4 Å². The van der Waals surface area contributed by atoms with E-state index < -0.39 is 0 Å². The van der Waals surface area contributed by atoms with Crippen LogP contribution < -0.4 is 10.1 Å². The maximum absolute atomic E-state index is 11.9. The summed E-state index contributed by atoms with van der Waals surface area (Å²) < 4.78 is 8.72. The van der Waals surface area contributed by atoms with Gasteiger partial charge in [0.2, 0.25) is 6.41 Å². The van der Waals surface area contributed by atoms with E-state index in [1.165, 1.54) is 0 Å². The zero-order valence-electron chi connectivity index (χ0n) is 18.1. The van der Waals surface area contributed by atoms with Crippen molar-refractivity contribution in [3.8, 4) is 5.88 Å². The van der Waals surface area contributed by atoms with Crippen molar-refractivity contribution in [3.63, 3.8) is 0 Å². The molecule has 1 fully saturated rings. The molecule has 2 aromatic rings. The first-order valence-corrected chi connectivity index (χ1v) is 10.3. The number of amides is 1. The topological polar surface area (TPSA) is 80.4 Å². The molecule has 0 aromatic carbocycles. The fourth-order valence-corrected chi connectivity index (χ4v) is 3.73. The second kappa shape index (κ2) is 9.74. The predicted molar refractivity (Wildman–Crippen MR) is 121 cm³/mol. The van der Waals surface area contributed by atoms with E-state index in [1.807, 2.05) is 7.05 Å². The SMILES string of the molecule is C=CC(=C)N1CCC(CN(C=O)/C=C(/Nc2cn(C)nc2OC)c2ncc(Cl)n2C)C1. The van der Waals surface area contributed by atoms with E-state index in [2.05, 4.69) is 33.5 Å². The lowest BCUT2D eigenvalue weighted by Gasteiger charge is -2.21. The Morgan fingerprint density at radius 1 is 1.48 bits per heavy atom. The number of carbonyl (C=O) groups excluding carboxylic acids is 1. The van der Waals surface area contributed by atoms with Crippen molar-refractivity contribution in [2.45, 2.75) is 6.42 Å². The van der Waals surface area contributed by atoms with Gasteiger partial charge in [-0.05, 0) is 18.4 Å². The van der Waals surface area contributed by atoms with Crippen molar-refractivity contribution in [3.05, 3.63) is 54.5 Å². The third-order valence-electron chi connectivity index (χ3n) is 5.26. The smallest absolute Gasteiger partial charge is 0.256 e. The zero-order chi connectivity index (χ0) is 22.5. The lowest BCUT2D eigenvalue weighted by molar-refractivity contribution is -0.116. The van der Waals surface area contributed by atoms with E-state index in [0.29, 0.717) is 40.7 Å². The van der Waals surface area contributed by atoms with Gasteiger partial charge >= 0.3 is 0 Å². The van der Waals surface area contributed by atoms with E-state index in [-0.39, 0.29) is 0 Å². The summed E-state index contributed by atoms with van der Waals surface area (Å²) in [6, 6.07) is 0. The van der Waals surface area contributed by atoms with Crippen LogP contribution in [0.5, 0.6) is 5.88 Å². The van der Waals surface area contributed by atoms with Crippen LogP contribution in [0, 0.1) is 5.92 Å². The molecule has 1 aliphatic rings. The Balaban J connectivity index is 1.86. The van der Waals surface area contributed by atoms with E-state index in [9.17, 15) is 4.79 Å².